The molecule has 0 spiro atoms. The van der Waals surface area contributed by atoms with Crippen molar-refractivity contribution < 1.29 is 28.6 Å². The van der Waals surface area contributed by atoms with Crippen LogP contribution in [-0.4, -0.2) is 51.6 Å². The minimum Gasteiger partial charge on any atom is -0.477 e. The van der Waals surface area contributed by atoms with E-state index in [2.05, 4.69) is 11.8 Å². The van der Waals surface area contributed by atoms with Gasteiger partial charge >= 0.3 is 11.9 Å². The monoisotopic (exact) mass is 439 g/mol. The average molecular weight is 440 g/mol. The third kappa shape index (κ3) is 6.38. The summed E-state index contributed by atoms with van der Waals surface area (Å²) >= 11 is 1.14. The molecule has 1 aliphatic rings. The van der Waals surface area contributed by atoms with Gasteiger partial charge in [-0.25, -0.2) is 4.79 Å². The Balaban J connectivity index is 1.97. The van der Waals surface area contributed by atoms with Crippen molar-refractivity contribution in [2.24, 2.45) is 5.92 Å². The molecule has 2 rings (SSSR count). The van der Waals surface area contributed by atoms with Crippen molar-refractivity contribution >= 4 is 23.2 Å². The van der Waals surface area contributed by atoms with Crippen molar-refractivity contribution in [3.8, 4) is 11.8 Å². The lowest BCUT2D eigenvalue weighted by Crippen LogP contribution is -2.36. The predicted molar refractivity (Wildman–Crippen MR) is 112 cm³/mol. The Labute approximate surface area is 179 Å². The number of nitrogens with zero attached hydrogens (tertiary/aromatic N) is 1. The number of carbonyl (C=O) groups excluding carboxylic acids is 1. The molecule has 8 heteroatoms. The van der Waals surface area contributed by atoms with E-state index in [1.165, 1.54) is 18.2 Å². The highest BCUT2D eigenvalue weighted by molar-refractivity contribution is 7.13. The average Bonchev–Trinajstić information content (AvgIpc) is 3.24. The molecule has 3 atom stereocenters. The standard InChI is InChI=1S/C22H27F2NO4S/c1-3-4-5-7-15(2)18(26)11-9-16-14-22(23,24)21(29)25(16)13-6-8-17-10-12-19(30-17)20(27)28/h9-12,15-16,18,26H,3,6-8,13-14H2,1-2H3,(H,27,28)/b11-9+/t15?,16-,18?/m0/s1. The molecule has 2 heterocycles. The van der Waals surface area contributed by atoms with Crippen LogP contribution in [0.1, 0.15) is 54.1 Å². The third-order valence-electron chi connectivity index (χ3n) is 4.97. The first-order valence-electron chi connectivity index (χ1n) is 9.98. The molecule has 2 N–H and O–H groups in total. The van der Waals surface area contributed by atoms with Gasteiger partial charge in [0, 0.05) is 30.7 Å². The summed E-state index contributed by atoms with van der Waals surface area (Å²) < 4.78 is 28.0. The summed E-state index contributed by atoms with van der Waals surface area (Å²) in [7, 11) is 0. The molecule has 5 nitrogen and oxygen atoms in total. The zero-order chi connectivity index (χ0) is 22.3. The number of hydrogen-bond acceptors (Lipinski definition) is 4. The maximum absolute atomic E-state index is 14.0. The Kier molecular flexibility index (Phi) is 8.56. The van der Waals surface area contributed by atoms with Crippen LogP contribution >= 0.6 is 11.3 Å². The number of carboxylic acid groups (broad SMARTS) is 1. The van der Waals surface area contributed by atoms with Crippen molar-refractivity contribution in [2.75, 3.05) is 6.54 Å². The van der Waals surface area contributed by atoms with E-state index < -0.39 is 36.4 Å². The largest absolute Gasteiger partial charge is 0.477 e. The number of rotatable bonds is 9. The molecule has 1 aromatic heterocycles. The van der Waals surface area contributed by atoms with E-state index in [-0.39, 0.29) is 17.3 Å². The summed E-state index contributed by atoms with van der Waals surface area (Å²) in [4.78, 5) is 25.3. The second-order valence-electron chi connectivity index (χ2n) is 7.41. The van der Waals surface area contributed by atoms with Crippen LogP contribution in [-0.2, 0) is 11.2 Å². The number of alkyl halides is 2. The molecule has 164 valence electrons. The molecule has 30 heavy (non-hydrogen) atoms. The summed E-state index contributed by atoms with van der Waals surface area (Å²) in [6.45, 7) is 3.90. The number of aliphatic hydroxyl groups is 1. The number of carbonyl (C=O) groups is 2. The molecule has 1 aliphatic heterocycles. The van der Waals surface area contributed by atoms with Gasteiger partial charge in [0.25, 0.3) is 5.91 Å². The van der Waals surface area contributed by atoms with Gasteiger partial charge in [0.15, 0.2) is 0 Å². The van der Waals surface area contributed by atoms with Gasteiger partial charge in [0.2, 0.25) is 0 Å². The SMILES string of the molecule is CCC#CCC(C)C(O)/C=C/[C@H]1CC(F)(F)C(=O)N1CCCc1ccc(C(=O)O)s1. The van der Waals surface area contributed by atoms with Crippen LogP contribution in [0, 0.1) is 17.8 Å². The Morgan fingerprint density at radius 2 is 2.17 bits per heavy atom. The summed E-state index contributed by atoms with van der Waals surface area (Å²) in [5.41, 5.74) is 0. The predicted octanol–water partition coefficient (Wildman–Crippen LogP) is 3.97. The fraction of sp³-hybridized carbons (Fsp3) is 0.545. The lowest BCUT2D eigenvalue weighted by Gasteiger charge is -2.22. The van der Waals surface area contributed by atoms with Gasteiger partial charge in [-0.05, 0) is 30.9 Å². The number of aromatic carboxylic acids is 1. The van der Waals surface area contributed by atoms with E-state index in [9.17, 15) is 23.5 Å². The van der Waals surface area contributed by atoms with E-state index >= 15 is 0 Å². The number of likely N-dealkylation sites (tertiary alicyclic amines) is 1. The second-order valence-corrected chi connectivity index (χ2v) is 8.58. The zero-order valence-electron chi connectivity index (χ0n) is 17.1. The molecule has 1 aromatic rings. The van der Waals surface area contributed by atoms with Crippen LogP contribution in [0.25, 0.3) is 0 Å². The van der Waals surface area contributed by atoms with E-state index in [0.717, 1.165) is 27.5 Å². The van der Waals surface area contributed by atoms with Crippen LogP contribution in [0.2, 0.25) is 0 Å². The van der Waals surface area contributed by atoms with E-state index in [0.29, 0.717) is 19.3 Å². The number of hydrogen-bond donors (Lipinski definition) is 2. The fourth-order valence-corrected chi connectivity index (χ4v) is 4.11. The Morgan fingerprint density at radius 1 is 1.43 bits per heavy atom. The number of amides is 1. The number of aryl methyl sites for hydroxylation is 1. The van der Waals surface area contributed by atoms with Gasteiger partial charge in [0.1, 0.15) is 4.88 Å². The van der Waals surface area contributed by atoms with Gasteiger partial charge in [-0.2, -0.15) is 8.78 Å². The smallest absolute Gasteiger partial charge is 0.345 e. The van der Waals surface area contributed by atoms with E-state index in [1.54, 1.807) is 6.07 Å². The van der Waals surface area contributed by atoms with Crippen LogP contribution < -0.4 is 0 Å². The van der Waals surface area contributed by atoms with Gasteiger partial charge < -0.3 is 15.1 Å². The fourth-order valence-electron chi connectivity index (χ4n) is 3.22. The topological polar surface area (TPSA) is 77.8 Å². The maximum Gasteiger partial charge on any atom is 0.345 e. The van der Waals surface area contributed by atoms with E-state index in [1.807, 2.05) is 13.8 Å². The molecule has 0 bridgehead atoms. The molecule has 0 radical (unpaired) electrons. The van der Waals surface area contributed by atoms with Crippen LogP contribution in [0.5, 0.6) is 0 Å². The van der Waals surface area contributed by atoms with Gasteiger partial charge in [-0.15, -0.1) is 23.2 Å². The van der Waals surface area contributed by atoms with Gasteiger partial charge in [-0.3, -0.25) is 4.79 Å². The summed E-state index contributed by atoms with van der Waals surface area (Å²) in [6, 6.07) is 2.43. The van der Waals surface area contributed by atoms with Crippen molar-refractivity contribution in [3.05, 3.63) is 34.0 Å². The number of thiophene rings is 1. The molecule has 1 amide bonds. The maximum atomic E-state index is 14.0. The van der Waals surface area contributed by atoms with Crippen molar-refractivity contribution in [3.63, 3.8) is 0 Å². The Hall–Kier alpha value is -2.24. The van der Waals surface area contributed by atoms with Crippen LogP contribution in [0.3, 0.4) is 0 Å². The normalized spacial score (nSPS) is 20.2. The lowest BCUT2D eigenvalue weighted by atomic mass is 9.99. The second kappa shape index (κ2) is 10.7. The first-order chi connectivity index (χ1) is 14.2. The van der Waals surface area contributed by atoms with Crippen molar-refractivity contribution in [1.82, 2.24) is 4.90 Å². The minimum absolute atomic E-state index is 0.136. The summed E-state index contributed by atoms with van der Waals surface area (Å²) in [5, 5.41) is 19.2. The number of halogens is 2. The number of aliphatic hydroxyl groups excluding tert-OH is 1. The minimum atomic E-state index is -3.42. The first kappa shape index (κ1) is 24.0. The molecule has 1 fully saturated rings. The van der Waals surface area contributed by atoms with Gasteiger partial charge in [-0.1, -0.05) is 26.0 Å². The van der Waals surface area contributed by atoms with Crippen LogP contribution in [0.15, 0.2) is 24.3 Å². The first-order valence-corrected chi connectivity index (χ1v) is 10.8. The molecule has 0 aromatic carbocycles. The quantitative estimate of drug-likeness (QED) is 0.451. The summed E-state index contributed by atoms with van der Waals surface area (Å²) in [5.74, 6) is 0.123. The number of carboxylic acids is 1. The van der Waals surface area contributed by atoms with E-state index in [4.69, 9.17) is 5.11 Å². The molecule has 1 saturated heterocycles. The van der Waals surface area contributed by atoms with Crippen molar-refractivity contribution in [2.45, 2.75) is 64.0 Å². The molecule has 0 saturated carbocycles. The highest BCUT2D eigenvalue weighted by Crippen LogP contribution is 2.34. The Morgan fingerprint density at radius 3 is 2.80 bits per heavy atom. The molecule has 2 unspecified atom stereocenters. The molecular weight excluding hydrogens is 412 g/mol. The zero-order valence-corrected chi connectivity index (χ0v) is 17.9. The molecular formula is C22H27F2NO4S. The van der Waals surface area contributed by atoms with Crippen LogP contribution in [0.4, 0.5) is 8.78 Å². The van der Waals surface area contributed by atoms with Gasteiger partial charge in [0.05, 0.1) is 12.1 Å². The lowest BCUT2D eigenvalue weighted by molar-refractivity contribution is -0.148. The summed E-state index contributed by atoms with van der Waals surface area (Å²) in [6.07, 6.45) is 3.70. The highest BCUT2D eigenvalue weighted by atomic mass is 32.1. The van der Waals surface area contributed by atoms with Crippen molar-refractivity contribution in [1.29, 1.82) is 0 Å². The Bertz CT molecular complexity index is 840. The highest BCUT2D eigenvalue weighted by Gasteiger charge is 2.52. The molecule has 0 aliphatic carbocycles. The third-order valence-corrected chi connectivity index (χ3v) is 6.11.